The summed E-state index contributed by atoms with van der Waals surface area (Å²) >= 11 is 0. The van der Waals surface area contributed by atoms with Gasteiger partial charge in [-0.1, -0.05) is 33.6 Å². The Morgan fingerprint density at radius 1 is 1.17 bits per heavy atom. The zero-order chi connectivity index (χ0) is 21.6. The van der Waals surface area contributed by atoms with Crippen LogP contribution in [0.15, 0.2) is 11.3 Å². The number of hydrogen-bond donors (Lipinski definition) is 2. The number of morpholine rings is 1. The maximum absolute atomic E-state index is 5.43. The molecule has 1 aromatic heterocycles. The van der Waals surface area contributed by atoms with E-state index in [1.54, 1.807) is 0 Å². The molecule has 8 heteroatoms. The van der Waals surface area contributed by atoms with Crippen LogP contribution < -0.4 is 10.6 Å². The molecule has 172 valence electrons. The molecule has 0 aliphatic carbocycles. The van der Waals surface area contributed by atoms with E-state index in [0.29, 0.717) is 6.04 Å². The zero-order valence-electron chi connectivity index (χ0n) is 19.6. The molecule has 0 amide bonds. The highest BCUT2D eigenvalue weighted by Gasteiger charge is 2.10. The summed E-state index contributed by atoms with van der Waals surface area (Å²) in [5.74, 6) is 2.70. The number of ether oxygens (including phenoxy) is 1. The third kappa shape index (κ3) is 9.89. The number of nitrogens with zero attached hydrogens (tertiary/aromatic N) is 5. The van der Waals surface area contributed by atoms with Gasteiger partial charge in [-0.15, -0.1) is 10.2 Å². The number of rotatable bonds is 13. The van der Waals surface area contributed by atoms with Gasteiger partial charge in [0.2, 0.25) is 0 Å². The zero-order valence-corrected chi connectivity index (χ0v) is 19.6. The van der Waals surface area contributed by atoms with Crippen LogP contribution in [-0.4, -0.2) is 77.6 Å². The molecule has 1 atom stereocenters. The summed E-state index contributed by atoms with van der Waals surface area (Å²) in [5, 5.41) is 15.3. The fourth-order valence-electron chi connectivity index (χ4n) is 3.63. The minimum absolute atomic E-state index is 0.412. The number of aryl methyl sites for hydroxylation is 1. The monoisotopic (exact) mass is 421 g/mol. The van der Waals surface area contributed by atoms with Gasteiger partial charge >= 0.3 is 0 Å². The highest BCUT2D eigenvalue weighted by atomic mass is 16.5. The van der Waals surface area contributed by atoms with E-state index < -0.39 is 0 Å². The molecule has 8 nitrogen and oxygen atoms in total. The lowest BCUT2D eigenvalue weighted by molar-refractivity contribution is 0.0377. The number of aliphatic imine (C=N–C) groups is 1. The summed E-state index contributed by atoms with van der Waals surface area (Å²) in [6.07, 6.45) is 7.46. The van der Waals surface area contributed by atoms with Crippen molar-refractivity contribution in [3.8, 4) is 0 Å². The fraction of sp³-hybridized carbons (Fsp3) is 0.864. The smallest absolute Gasteiger partial charge is 0.191 e. The number of nitrogens with one attached hydrogen (secondary N) is 2. The van der Waals surface area contributed by atoms with Crippen molar-refractivity contribution in [1.29, 1.82) is 0 Å². The van der Waals surface area contributed by atoms with Gasteiger partial charge in [-0.3, -0.25) is 9.89 Å². The van der Waals surface area contributed by atoms with Crippen molar-refractivity contribution in [2.24, 2.45) is 10.9 Å². The highest BCUT2D eigenvalue weighted by molar-refractivity contribution is 5.80. The molecule has 1 saturated heterocycles. The Kier molecular flexibility index (Phi) is 11.8. The molecule has 2 N–H and O–H groups in total. The maximum Gasteiger partial charge on any atom is 0.191 e. The molecule has 1 aliphatic rings. The van der Waals surface area contributed by atoms with Gasteiger partial charge in [-0.2, -0.15) is 0 Å². The Morgan fingerprint density at radius 3 is 2.70 bits per heavy atom. The molecule has 2 heterocycles. The van der Waals surface area contributed by atoms with Crippen LogP contribution in [0.3, 0.4) is 0 Å². The Morgan fingerprint density at radius 2 is 1.97 bits per heavy atom. The predicted molar refractivity (Wildman–Crippen MR) is 123 cm³/mol. The van der Waals surface area contributed by atoms with Crippen molar-refractivity contribution in [1.82, 2.24) is 30.3 Å². The van der Waals surface area contributed by atoms with E-state index in [1.807, 2.05) is 6.33 Å². The van der Waals surface area contributed by atoms with Crippen molar-refractivity contribution in [2.75, 3.05) is 45.9 Å². The van der Waals surface area contributed by atoms with Crippen molar-refractivity contribution in [2.45, 2.75) is 72.4 Å². The Balaban J connectivity index is 1.79. The number of hydrogen-bond acceptors (Lipinski definition) is 5. The second kappa shape index (κ2) is 14.4. The fourth-order valence-corrected chi connectivity index (χ4v) is 3.63. The number of aromatic nitrogens is 3. The molecule has 30 heavy (non-hydrogen) atoms. The van der Waals surface area contributed by atoms with E-state index in [0.717, 1.165) is 89.4 Å². The van der Waals surface area contributed by atoms with Gasteiger partial charge in [0, 0.05) is 51.7 Å². The summed E-state index contributed by atoms with van der Waals surface area (Å²) in [7, 11) is 0. The van der Waals surface area contributed by atoms with Crippen molar-refractivity contribution < 1.29 is 4.74 Å². The molecule has 1 aliphatic heterocycles. The summed E-state index contributed by atoms with van der Waals surface area (Å²) < 4.78 is 7.53. The lowest BCUT2D eigenvalue weighted by atomic mass is 10.0. The third-order valence-corrected chi connectivity index (χ3v) is 5.46. The van der Waals surface area contributed by atoms with Crippen LogP contribution in [0, 0.1) is 5.92 Å². The standard InChI is InChI=1S/C22H43N7O/c1-5-21-27-25-18-29(21)13-11-24-22(26-20(4)9-6-8-19(2)3)23-10-7-12-28-14-16-30-17-15-28/h18-20H,5-17H2,1-4H3,(H2,23,24,26). The molecular formula is C22H43N7O. The second-order valence-corrected chi connectivity index (χ2v) is 8.63. The van der Waals surface area contributed by atoms with E-state index >= 15 is 0 Å². The average Bonchev–Trinajstić information content (AvgIpc) is 3.19. The quantitative estimate of drug-likeness (QED) is 0.289. The highest BCUT2D eigenvalue weighted by Crippen LogP contribution is 2.08. The topological polar surface area (TPSA) is 79.6 Å². The number of guanidine groups is 1. The molecule has 0 bridgehead atoms. The minimum Gasteiger partial charge on any atom is -0.379 e. The van der Waals surface area contributed by atoms with Gasteiger partial charge in [0.25, 0.3) is 0 Å². The van der Waals surface area contributed by atoms with E-state index in [2.05, 4.69) is 58.0 Å². The normalized spacial score (nSPS) is 16.8. The van der Waals surface area contributed by atoms with Gasteiger partial charge in [-0.05, 0) is 25.7 Å². The van der Waals surface area contributed by atoms with Gasteiger partial charge in [-0.25, -0.2) is 0 Å². The summed E-state index contributed by atoms with van der Waals surface area (Å²) in [4.78, 5) is 7.31. The predicted octanol–water partition coefficient (Wildman–Crippen LogP) is 2.31. The van der Waals surface area contributed by atoms with Gasteiger partial charge in [0.1, 0.15) is 12.2 Å². The van der Waals surface area contributed by atoms with Crippen LogP contribution in [0.4, 0.5) is 0 Å². The van der Waals surface area contributed by atoms with Gasteiger partial charge in [0.15, 0.2) is 5.96 Å². The van der Waals surface area contributed by atoms with E-state index in [-0.39, 0.29) is 0 Å². The van der Waals surface area contributed by atoms with Gasteiger partial charge < -0.3 is 19.9 Å². The second-order valence-electron chi connectivity index (χ2n) is 8.63. The Labute approximate surface area is 182 Å². The first kappa shape index (κ1) is 24.6. The molecular weight excluding hydrogens is 378 g/mol. The Bertz CT molecular complexity index is 596. The molecule has 2 rings (SSSR count). The molecule has 0 radical (unpaired) electrons. The SMILES string of the molecule is CCc1nncn1CCNC(=NCCCN1CCOCC1)NC(C)CCCC(C)C. The van der Waals surface area contributed by atoms with Crippen LogP contribution in [0.1, 0.15) is 59.2 Å². The van der Waals surface area contributed by atoms with E-state index in [9.17, 15) is 0 Å². The summed E-state index contributed by atoms with van der Waals surface area (Å²) in [6, 6.07) is 0.412. The van der Waals surface area contributed by atoms with E-state index in [1.165, 1.54) is 12.8 Å². The largest absolute Gasteiger partial charge is 0.379 e. The summed E-state index contributed by atoms with van der Waals surface area (Å²) in [5.41, 5.74) is 0. The maximum atomic E-state index is 5.43. The molecule has 0 spiro atoms. The van der Waals surface area contributed by atoms with E-state index in [4.69, 9.17) is 9.73 Å². The average molecular weight is 422 g/mol. The lowest BCUT2D eigenvalue weighted by Gasteiger charge is -2.26. The third-order valence-electron chi connectivity index (χ3n) is 5.46. The van der Waals surface area contributed by atoms with Crippen LogP contribution >= 0.6 is 0 Å². The molecule has 1 unspecified atom stereocenters. The van der Waals surface area contributed by atoms with Crippen LogP contribution in [0.5, 0.6) is 0 Å². The Hall–Kier alpha value is -1.67. The molecule has 0 saturated carbocycles. The van der Waals surface area contributed by atoms with Gasteiger partial charge in [0.05, 0.1) is 13.2 Å². The first-order chi connectivity index (χ1) is 14.6. The van der Waals surface area contributed by atoms with Crippen molar-refractivity contribution >= 4 is 5.96 Å². The molecule has 1 aromatic rings. The van der Waals surface area contributed by atoms with Crippen molar-refractivity contribution in [3.63, 3.8) is 0 Å². The van der Waals surface area contributed by atoms with Crippen LogP contribution in [0.25, 0.3) is 0 Å². The lowest BCUT2D eigenvalue weighted by Crippen LogP contribution is -2.43. The molecule has 0 aromatic carbocycles. The van der Waals surface area contributed by atoms with Crippen LogP contribution in [0.2, 0.25) is 0 Å². The first-order valence-corrected chi connectivity index (χ1v) is 11.8. The summed E-state index contributed by atoms with van der Waals surface area (Å²) in [6.45, 7) is 16.3. The molecule has 1 fully saturated rings. The van der Waals surface area contributed by atoms with Crippen molar-refractivity contribution in [3.05, 3.63) is 12.2 Å². The first-order valence-electron chi connectivity index (χ1n) is 11.8. The minimum atomic E-state index is 0.412. The van der Waals surface area contributed by atoms with Crippen LogP contribution in [-0.2, 0) is 17.7 Å².